The van der Waals surface area contributed by atoms with Crippen molar-refractivity contribution in [1.29, 1.82) is 5.26 Å². The highest BCUT2D eigenvalue weighted by Gasteiger charge is 2.29. The quantitative estimate of drug-likeness (QED) is 0.421. The normalized spacial score (nSPS) is 14.6. The van der Waals surface area contributed by atoms with Gasteiger partial charge in [-0.25, -0.2) is 0 Å². The molecule has 0 atom stereocenters. The van der Waals surface area contributed by atoms with Crippen molar-refractivity contribution < 1.29 is 4.79 Å². The Morgan fingerprint density at radius 3 is 2.00 bits per heavy atom. The van der Waals surface area contributed by atoms with Crippen molar-refractivity contribution in [2.45, 2.75) is 19.9 Å². The molecule has 0 bridgehead atoms. The van der Waals surface area contributed by atoms with Crippen LogP contribution >= 0.6 is 0 Å². The smallest absolute Gasteiger partial charge is 0.266 e. The Bertz CT molecular complexity index is 1150. The molecule has 0 aromatic heterocycles. The van der Waals surface area contributed by atoms with Crippen LogP contribution in [0.5, 0.6) is 0 Å². The maximum Gasteiger partial charge on any atom is 0.266 e. The molecule has 1 heterocycles. The predicted molar refractivity (Wildman–Crippen MR) is 136 cm³/mol. The average Bonchev–Trinajstić information content (AvgIpc) is 2.88. The van der Waals surface area contributed by atoms with Gasteiger partial charge in [0.05, 0.1) is 6.04 Å². The molecule has 3 aromatic rings. The minimum atomic E-state index is -0.227. The van der Waals surface area contributed by atoms with E-state index in [0.717, 1.165) is 24.3 Å². The highest BCUT2D eigenvalue weighted by Crippen LogP contribution is 2.29. The number of nitrogens with zero attached hydrogens (tertiary/aromatic N) is 3. The summed E-state index contributed by atoms with van der Waals surface area (Å²) in [6.07, 6.45) is 1.52. The molecule has 34 heavy (non-hydrogen) atoms. The maximum absolute atomic E-state index is 13.1. The number of hydrogen-bond donors (Lipinski definition) is 1. The molecule has 3 aromatic carbocycles. The third-order valence-electron chi connectivity index (χ3n) is 6.44. The summed E-state index contributed by atoms with van der Waals surface area (Å²) in [6, 6.07) is 29.2. The van der Waals surface area contributed by atoms with Gasteiger partial charge in [0.25, 0.3) is 5.91 Å². The van der Waals surface area contributed by atoms with E-state index in [1.165, 1.54) is 22.9 Å². The molecule has 1 aliphatic heterocycles. The molecule has 0 unspecified atom stereocenters. The number of nitrogens with one attached hydrogen (secondary N) is 1. The number of piperazine rings is 1. The Labute approximate surface area is 201 Å². The Morgan fingerprint density at radius 1 is 0.882 bits per heavy atom. The summed E-state index contributed by atoms with van der Waals surface area (Å²) in [4.78, 5) is 17.3. The number of rotatable bonds is 6. The van der Waals surface area contributed by atoms with Crippen LogP contribution in [0.4, 0.5) is 5.69 Å². The number of carbonyl (C=O) groups excluding carboxylic acids is 1. The zero-order valence-corrected chi connectivity index (χ0v) is 19.7. The minimum absolute atomic E-state index is 0.120. The van der Waals surface area contributed by atoms with Gasteiger partial charge in [-0.15, -0.1) is 0 Å². The lowest BCUT2D eigenvalue weighted by molar-refractivity contribution is -0.128. The van der Waals surface area contributed by atoms with Gasteiger partial charge in [0.15, 0.2) is 0 Å². The summed E-state index contributed by atoms with van der Waals surface area (Å²) >= 11 is 0. The molecule has 1 amide bonds. The molecule has 1 fully saturated rings. The molecule has 1 N–H and O–H groups in total. The second-order valence-electron chi connectivity index (χ2n) is 8.67. The molecule has 0 spiro atoms. The number of amides is 1. The summed E-state index contributed by atoms with van der Waals surface area (Å²) in [5, 5.41) is 12.7. The fourth-order valence-corrected chi connectivity index (χ4v) is 4.37. The standard InChI is InChI=1S/C29H30N4O/c1-22-13-14-27(19-23(22)2)31-21-26(20-30)29(34)33-17-15-32(16-18-33)28(24-9-5-3-6-10-24)25-11-7-4-8-12-25/h3-14,19,21,28,31H,15-18H2,1-2H3/b26-21-. The van der Waals surface area contributed by atoms with Crippen LogP contribution < -0.4 is 5.32 Å². The second-order valence-corrected chi connectivity index (χ2v) is 8.67. The van der Waals surface area contributed by atoms with Crippen LogP contribution in [0.1, 0.15) is 28.3 Å². The van der Waals surface area contributed by atoms with Crippen molar-refractivity contribution in [3.63, 3.8) is 0 Å². The van der Waals surface area contributed by atoms with Crippen molar-refractivity contribution in [3.05, 3.63) is 113 Å². The molecule has 5 nitrogen and oxygen atoms in total. The van der Waals surface area contributed by atoms with Crippen molar-refractivity contribution in [1.82, 2.24) is 9.80 Å². The van der Waals surface area contributed by atoms with Gasteiger partial charge in [0.2, 0.25) is 0 Å². The monoisotopic (exact) mass is 450 g/mol. The Kier molecular flexibility index (Phi) is 7.41. The van der Waals surface area contributed by atoms with E-state index in [1.807, 2.05) is 37.3 Å². The number of anilines is 1. The first-order valence-electron chi connectivity index (χ1n) is 11.6. The lowest BCUT2D eigenvalue weighted by atomic mass is 9.96. The second kappa shape index (κ2) is 10.8. The number of carbonyl (C=O) groups is 1. The molecule has 1 aliphatic rings. The molecule has 172 valence electrons. The Hall–Kier alpha value is -3.88. The zero-order valence-electron chi connectivity index (χ0n) is 19.7. The van der Waals surface area contributed by atoms with Crippen LogP contribution in [-0.4, -0.2) is 41.9 Å². The molecule has 0 radical (unpaired) electrons. The van der Waals surface area contributed by atoms with Crippen LogP contribution in [0.2, 0.25) is 0 Å². The summed E-state index contributed by atoms with van der Waals surface area (Å²) in [5.74, 6) is -0.227. The molecular weight excluding hydrogens is 420 g/mol. The molecule has 5 heteroatoms. The van der Waals surface area contributed by atoms with E-state index >= 15 is 0 Å². The zero-order chi connectivity index (χ0) is 23.9. The highest BCUT2D eigenvalue weighted by atomic mass is 16.2. The van der Waals surface area contributed by atoms with E-state index in [9.17, 15) is 10.1 Å². The van der Waals surface area contributed by atoms with Gasteiger partial charge >= 0.3 is 0 Å². The number of benzene rings is 3. The summed E-state index contributed by atoms with van der Waals surface area (Å²) in [5.41, 5.74) is 5.82. The van der Waals surface area contributed by atoms with E-state index < -0.39 is 0 Å². The van der Waals surface area contributed by atoms with Crippen molar-refractivity contribution in [2.24, 2.45) is 0 Å². The largest absolute Gasteiger partial charge is 0.360 e. The van der Waals surface area contributed by atoms with Crippen LogP contribution in [0, 0.1) is 25.2 Å². The van der Waals surface area contributed by atoms with Crippen LogP contribution in [0.3, 0.4) is 0 Å². The van der Waals surface area contributed by atoms with Gasteiger partial charge in [0.1, 0.15) is 11.6 Å². The SMILES string of the molecule is Cc1ccc(N/C=C(/C#N)C(=O)N2CCN(C(c3ccccc3)c3ccccc3)CC2)cc1C. The Morgan fingerprint density at radius 2 is 1.47 bits per heavy atom. The van der Waals surface area contributed by atoms with E-state index in [-0.39, 0.29) is 17.5 Å². The van der Waals surface area contributed by atoms with Crippen LogP contribution in [-0.2, 0) is 4.79 Å². The molecule has 0 saturated carbocycles. The van der Waals surface area contributed by atoms with E-state index in [1.54, 1.807) is 4.90 Å². The maximum atomic E-state index is 13.1. The van der Waals surface area contributed by atoms with Crippen molar-refractivity contribution >= 4 is 11.6 Å². The molecular formula is C29H30N4O. The van der Waals surface area contributed by atoms with E-state index in [0.29, 0.717) is 13.1 Å². The van der Waals surface area contributed by atoms with Crippen molar-refractivity contribution in [3.8, 4) is 6.07 Å². The summed E-state index contributed by atoms with van der Waals surface area (Å²) < 4.78 is 0. The average molecular weight is 451 g/mol. The van der Waals surface area contributed by atoms with Gasteiger partial charge in [-0.3, -0.25) is 9.69 Å². The molecule has 1 saturated heterocycles. The summed E-state index contributed by atoms with van der Waals surface area (Å²) in [7, 11) is 0. The number of aryl methyl sites for hydroxylation is 2. The minimum Gasteiger partial charge on any atom is -0.360 e. The van der Waals surface area contributed by atoms with Gasteiger partial charge in [-0.05, 0) is 48.2 Å². The number of hydrogen-bond acceptors (Lipinski definition) is 4. The Balaban J connectivity index is 1.44. The molecule has 4 rings (SSSR count). The third kappa shape index (κ3) is 5.36. The topological polar surface area (TPSA) is 59.4 Å². The predicted octanol–water partition coefficient (Wildman–Crippen LogP) is 5.06. The van der Waals surface area contributed by atoms with E-state index in [4.69, 9.17) is 0 Å². The van der Waals surface area contributed by atoms with Crippen molar-refractivity contribution in [2.75, 3.05) is 31.5 Å². The fourth-order valence-electron chi connectivity index (χ4n) is 4.37. The molecule has 0 aliphatic carbocycles. The first kappa shape index (κ1) is 23.3. The van der Waals surface area contributed by atoms with Crippen LogP contribution in [0.15, 0.2) is 90.6 Å². The van der Waals surface area contributed by atoms with Gasteiger partial charge in [-0.1, -0.05) is 66.7 Å². The van der Waals surface area contributed by atoms with E-state index in [2.05, 4.69) is 71.7 Å². The fraction of sp³-hybridized carbons (Fsp3) is 0.241. The summed E-state index contributed by atoms with van der Waals surface area (Å²) in [6.45, 7) is 6.74. The lowest BCUT2D eigenvalue weighted by Gasteiger charge is -2.39. The highest BCUT2D eigenvalue weighted by molar-refractivity contribution is 5.97. The number of nitriles is 1. The lowest BCUT2D eigenvalue weighted by Crippen LogP contribution is -2.50. The van der Waals surface area contributed by atoms with Gasteiger partial charge < -0.3 is 10.2 Å². The van der Waals surface area contributed by atoms with Gasteiger partial charge in [0, 0.05) is 38.1 Å². The third-order valence-corrected chi connectivity index (χ3v) is 6.44. The van der Waals surface area contributed by atoms with Gasteiger partial charge in [-0.2, -0.15) is 5.26 Å². The first-order chi connectivity index (χ1) is 16.6. The first-order valence-corrected chi connectivity index (χ1v) is 11.6. The van der Waals surface area contributed by atoms with Crippen LogP contribution in [0.25, 0.3) is 0 Å².